The first-order chi connectivity index (χ1) is 14.5. The van der Waals surface area contributed by atoms with E-state index in [-0.39, 0.29) is 16.6 Å². The minimum Gasteiger partial charge on any atom is -0.338 e. The number of amidine groups is 1. The lowest BCUT2D eigenvalue weighted by atomic mass is 10.2. The number of anilines is 1. The Morgan fingerprint density at radius 1 is 1.13 bits per heavy atom. The maximum absolute atomic E-state index is 13.3. The lowest BCUT2D eigenvalue weighted by molar-refractivity contribution is -0.117. The van der Waals surface area contributed by atoms with E-state index in [1.807, 2.05) is 30.3 Å². The Morgan fingerprint density at radius 3 is 2.50 bits per heavy atom. The largest absolute Gasteiger partial charge is 0.338 e. The van der Waals surface area contributed by atoms with Crippen molar-refractivity contribution in [2.45, 2.75) is 6.92 Å². The van der Waals surface area contributed by atoms with E-state index in [4.69, 9.17) is 0 Å². The van der Waals surface area contributed by atoms with Crippen molar-refractivity contribution in [3.8, 4) is 0 Å². The summed E-state index contributed by atoms with van der Waals surface area (Å²) in [6.45, 7) is 2.12. The van der Waals surface area contributed by atoms with Crippen LogP contribution in [0, 0.1) is 5.82 Å². The molecule has 0 bridgehead atoms. The van der Waals surface area contributed by atoms with Crippen LogP contribution in [0.4, 0.5) is 14.9 Å². The Labute approximate surface area is 177 Å². The van der Waals surface area contributed by atoms with E-state index in [1.165, 1.54) is 29.2 Å². The Hall–Kier alpha value is -3.46. The number of rotatable bonds is 5. The van der Waals surface area contributed by atoms with Crippen molar-refractivity contribution in [1.82, 2.24) is 10.6 Å². The number of imide groups is 1. The van der Waals surface area contributed by atoms with Crippen molar-refractivity contribution in [3.05, 3.63) is 71.7 Å². The van der Waals surface area contributed by atoms with Crippen LogP contribution in [-0.4, -0.2) is 35.3 Å². The van der Waals surface area contributed by atoms with Crippen LogP contribution in [0.3, 0.4) is 0 Å². The van der Waals surface area contributed by atoms with Crippen molar-refractivity contribution in [1.29, 1.82) is 0 Å². The molecule has 0 spiro atoms. The number of thioether (sulfide) groups is 1. The van der Waals surface area contributed by atoms with Crippen molar-refractivity contribution in [3.63, 3.8) is 0 Å². The van der Waals surface area contributed by atoms with Crippen molar-refractivity contribution < 1.29 is 18.8 Å². The number of aliphatic imine (C=N–C) groups is 1. The van der Waals surface area contributed by atoms with Gasteiger partial charge in [0.1, 0.15) is 11.5 Å². The van der Waals surface area contributed by atoms with Gasteiger partial charge in [0, 0.05) is 6.54 Å². The van der Waals surface area contributed by atoms with E-state index in [1.54, 1.807) is 13.0 Å². The van der Waals surface area contributed by atoms with Gasteiger partial charge in [0.15, 0.2) is 5.17 Å². The van der Waals surface area contributed by atoms with E-state index >= 15 is 0 Å². The highest BCUT2D eigenvalue weighted by Gasteiger charge is 2.32. The summed E-state index contributed by atoms with van der Waals surface area (Å²) in [4.78, 5) is 42.2. The molecule has 2 N–H and O–H groups in total. The summed E-state index contributed by atoms with van der Waals surface area (Å²) in [6.07, 6.45) is 1.64. The Bertz CT molecular complexity index is 1010. The normalized spacial score (nSPS) is 14.6. The lowest BCUT2D eigenvalue weighted by Crippen LogP contribution is -2.40. The number of hydrogen-bond donors (Lipinski definition) is 2. The third-order valence-corrected chi connectivity index (χ3v) is 4.88. The Balaban J connectivity index is 1.83. The predicted molar refractivity (Wildman–Crippen MR) is 115 cm³/mol. The summed E-state index contributed by atoms with van der Waals surface area (Å²) in [5, 5.41) is 4.93. The molecule has 4 amide bonds. The minimum atomic E-state index is -0.590. The Kier molecular flexibility index (Phi) is 6.97. The van der Waals surface area contributed by atoms with Crippen LogP contribution in [0.2, 0.25) is 0 Å². The molecule has 30 heavy (non-hydrogen) atoms. The van der Waals surface area contributed by atoms with Gasteiger partial charge in [0.25, 0.3) is 5.91 Å². The zero-order chi connectivity index (χ0) is 21.5. The van der Waals surface area contributed by atoms with E-state index in [9.17, 15) is 18.8 Å². The highest BCUT2D eigenvalue weighted by molar-refractivity contribution is 8.14. The molecule has 1 aliphatic heterocycles. The van der Waals surface area contributed by atoms with Gasteiger partial charge in [-0.05, 0) is 42.8 Å². The number of urea groups is 1. The third-order valence-electron chi connectivity index (χ3n) is 3.94. The first-order valence-corrected chi connectivity index (χ1v) is 10.1. The van der Waals surface area contributed by atoms with Crippen LogP contribution < -0.4 is 15.5 Å². The second-order valence-electron chi connectivity index (χ2n) is 6.15. The van der Waals surface area contributed by atoms with Gasteiger partial charge in [-0.2, -0.15) is 0 Å². The average molecular weight is 426 g/mol. The van der Waals surface area contributed by atoms with Gasteiger partial charge in [0.2, 0.25) is 5.91 Å². The number of amides is 4. The minimum absolute atomic E-state index is 0.125. The molecule has 0 saturated heterocycles. The number of carbonyl (C=O) groups is 3. The molecule has 2 aromatic carbocycles. The van der Waals surface area contributed by atoms with Gasteiger partial charge in [-0.25, -0.2) is 14.2 Å². The standard InChI is InChI=1S/C21H19FN4O3S/c1-2-23-20(29)25-18(27)13-30-21-24-17(12-14-6-4-3-5-7-14)19(28)26(21)16-10-8-15(22)9-11-16/h3-12H,2,13H2,1H3,(H2,23,25,27,29). The highest BCUT2D eigenvalue weighted by atomic mass is 32.2. The molecule has 0 aliphatic carbocycles. The Morgan fingerprint density at radius 2 is 1.83 bits per heavy atom. The molecule has 0 aromatic heterocycles. The predicted octanol–water partition coefficient (Wildman–Crippen LogP) is 3.15. The highest BCUT2D eigenvalue weighted by Crippen LogP contribution is 2.29. The van der Waals surface area contributed by atoms with Gasteiger partial charge in [-0.15, -0.1) is 0 Å². The lowest BCUT2D eigenvalue weighted by Gasteiger charge is -2.17. The maximum atomic E-state index is 13.3. The van der Waals surface area contributed by atoms with E-state index in [0.29, 0.717) is 12.2 Å². The number of carbonyl (C=O) groups excluding carboxylic acids is 3. The summed E-state index contributed by atoms with van der Waals surface area (Å²) in [5.74, 6) is -1.48. The van der Waals surface area contributed by atoms with Crippen LogP contribution in [0.25, 0.3) is 6.08 Å². The van der Waals surface area contributed by atoms with E-state index in [2.05, 4.69) is 15.6 Å². The summed E-state index contributed by atoms with van der Waals surface area (Å²) in [6, 6.07) is 14.0. The molecule has 3 rings (SSSR count). The summed E-state index contributed by atoms with van der Waals surface area (Å²) in [5.41, 5.74) is 1.41. The summed E-state index contributed by atoms with van der Waals surface area (Å²) >= 11 is 1.01. The van der Waals surface area contributed by atoms with Gasteiger partial charge >= 0.3 is 6.03 Å². The van der Waals surface area contributed by atoms with E-state index in [0.717, 1.165) is 17.3 Å². The van der Waals surface area contributed by atoms with Crippen LogP contribution in [0.5, 0.6) is 0 Å². The molecule has 0 atom stereocenters. The van der Waals surface area contributed by atoms with Crippen molar-refractivity contribution >= 4 is 46.5 Å². The fourth-order valence-electron chi connectivity index (χ4n) is 2.62. The molecule has 9 heteroatoms. The zero-order valence-electron chi connectivity index (χ0n) is 16.1. The number of hydrogen-bond acceptors (Lipinski definition) is 5. The fraction of sp³-hybridized carbons (Fsp3) is 0.143. The second kappa shape index (κ2) is 9.84. The molecule has 154 valence electrons. The third kappa shape index (κ3) is 5.32. The SMILES string of the molecule is CCNC(=O)NC(=O)CSC1=NC(=Cc2ccccc2)C(=O)N1c1ccc(F)cc1. The average Bonchev–Trinajstić information content (AvgIpc) is 3.03. The van der Waals surface area contributed by atoms with Crippen molar-refractivity contribution in [2.24, 2.45) is 4.99 Å². The zero-order valence-corrected chi connectivity index (χ0v) is 16.9. The molecule has 7 nitrogen and oxygen atoms in total. The number of halogens is 1. The van der Waals surface area contributed by atoms with Gasteiger partial charge in [-0.1, -0.05) is 42.1 Å². The summed E-state index contributed by atoms with van der Waals surface area (Å²) in [7, 11) is 0. The molecule has 0 radical (unpaired) electrons. The topological polar surface area (TPSA) is 90.9 Å². The quantitative estimate of drug-likeness (QED) is 0.719. The molecular weight excluding hydrogens is 407 g/mol. The monoisotopic (exact) mass is 426 g/mol. The maximum Gasteiger partial charge on any atom is 0.321 e. The first kappa shape index (κ1) is 21.3. The fourth-order valence-corrected chi connectivity index (χ4v) is 3.43. The number of nitrogens with zero attached hydrogens (tertiary/aromatic N) is 2. The van der Waals surface area contributed by atoms with Gasteiger partial charge < -0.3 is 5.32 Å². The molecule has 1 heterocycles. The van der Waals surface area contributed by atoms with Gasteiger partial charge in [-0.3, -0.25) is 19.8 Å². The van der Waals surface area contributed by atoms with Gasteiger partial charge in [0.05, 0.1) is 11.4 Å². The molecule has 1 aliphatic rings. The molecule has 2 aromatic rings. The molecule has 0 saturated carbocycles. The van der Waals surface area contributed by atoms with Crippen LogP contribution in [-0.2, 0) is 9.59 Å². The number of nitrogens with one attached hydrogen (secondary N) is 2. The smallest absolute Gasteiger partial charge is 0.321 e. The van der Waals surface area contributed by atoms with Crippen LogP contribution >= 0.6 is 11.8 Å². The summed E-state index contributed by atoms with van der Waals surface area (Å²) < 4.78 is 13.3. The van der Waals surface area contributed by atoms with Crippen LogP contribution in [0.15, 0.2) is 65.3 Å². The molecule has 0 fully saturated rings. The molecular formula is C21H19FN4O3S. The second-order valence-corrected chi connectivity index (χ2v) is 7.09. The molecule has 0 unspecified atom stereocenters. The first-order valence-electron chi connectivity index (χ1n) is 9.14. The van der Waals surface area contributed by atoms with Crippen LogP contribution in [0.1, 0.15) is 12.5 Å². The number of benzene rings is 2. The van der Waals surface area contributed by atoms with E-state index < -0.39 is 23.7 Å². The van der Waals surface area contributed by atoms with Crippen molar-refractivity contribution in [2.75, 3.05) is 17.2 Å².